The van der Waals surface area contributed by atoms with Crippen LogP contribution in [0.2, 0.25) is 0 Å². The number of hydrogen-bond acceptors (Lipinski definition) is 4. The molecular weight excluding hydrogens is 223 g/mol. The zero-order valence-corrected chi connectivity index (χ0v) is 9.61. The van der Waals surface area contributed by atoms with Crippen LogP contribution in [0.25, 0.3) is 0 Å². The molecule has 0 aromatic heterocycles. The second-order valence-electron chi connectivity index (χ2n) is 3.66. The van der Waals surface area contributed by atoms with Crippen molar-refractivity contribution in [1.29, 1.82) is 5.26 Å². The molecule has 1 aromatic rings. The van der Waals surface area contributed by atoms with Gasteiger partial charge in [0.2, 0.25) is 0 Å². The standard InChI is InChI=1S/C12H15FN2O2/c1-17-8-11(16)7-15-6-10-4-9(5-14)2-3-12(10)13/h2-4,11,15-16H,6-8H2,1H3. The lowest BCUT2D eigenvalue weighted by Gasteiger charge is -2.11. The molecule has 0 aliphatic carbocycles. The highest BCUT2D eigenvalue weighted by Crippen LogP contribution is 2.09. The van der Waals surface area contributed by atoms with Gasteiger partial charge in [0, 0.05) is 25.8 Å². The van der Waals surface area contributed by atoms with Gasteiger partial charge in [0.25, 0.3) is 0 Å². The number of aliphatic hydroxyl groups is 1. The summed E-state index contributed by atoms with van der Waals surface area (Å²) in [7, 11) is 1.50. The van der Waals surface area contributed by atoms with Crippen LogP contribution in [0.15, 0.2) is 18.2 Å². The van der Waals surface area contributed by atoms with Gasteiger partial charge in [-0.2, -0.15) is 5.26 Å². The molecule has 92 valence electrons. The second-order valence-corrected chi connectivity index (χ2v) is 3.66. The van der Waals surface area contributed by atoms with Crippen LogP contribution in [0.5, 0.6) is 0 Å². The highest BCUT2D eigenvalue weighted by atomic mass is 19.1. The number of hydrogen-bond donors (Lipinski definition) is 2. The first-order chi connectivity index (χ1) is 8.17. The Morgan fingerprint density at radius 2 is 2.35 bits per heavy atom. The normalized spacial score (nSPS) is 12.1. The lowest BCUT2D eigenvalue weighted by molar-refractivity contribution is 0.0643. The Labute approximate surface area is 99.6 Å². The van der Waals surface area contributed by atoms with Crippen molar-refractivity contribution in [1.82, 2.24) is 5.32 Å². The molecule has 4 nitrogen and oxygen atoms in total. The molecule has 0 saturated carbocycles. The van der Waals surface area contributed by atoms with Crippen molar-refractivity contribution in [3.8, 4) is 6.07 Å². The molecule has 0 aliphatic rings. The monoisotopic (exact) mass is 238 g/mol. The maximum atomic E-state index is 13.3. The molecule has 17 heavy (non-hydrogen) atoms. The fourth-order valence-electron chi connectivity index (χ4n) is 1.40. The van der Waals surface area contributed by atoms with E-state index >= 15 is 0 Å². The Hall–Kier alpha value is -1.48. The van der Waals surface area contributed by atoms with Crippen LogP contribution in [-0.4, -0.2) is 31.5 Å². The number of halogens is 1. The highest BCUT2D eigenvalue weighted by Gasteiger charge is 2.06. The number of nitrogens with one attached hydrogen (secondary N) is 1. The second kappa shape index (κ2) is 6.97. The lowest BCUT2D eigenvalue weighted by atomic mass is 10.1. The van der Waals surface area contributed by atoms with Crippen molar-refractivity contribution in [2.75, 3.05) is 20.3 Å². The van der Waals surface area contributed by atoms with Gasteiger partial charge in [0.05, 0.1) is 24.3 Å². The molecule has 2 N–H and O–H groups in total. The third kappa shape index (κ3) is 4.49. The molecule has 0 heterocycles. The molecule has 0 saturated heterocycles. The molecule has 0 fully saturated rings. The summed E-state index contributed by atoms with van der Waals surface area (Å²) >= 11 is 0. The smallest absolute Gasteiger partial charge is 0.127 e. The van der Waals surface area contributed by atoms with E-state index in [2.05, 4.69) is 5.32 Å². The van der Waals surface area contributed by atoms with Gasteiger partial charge in [-0.1, -0.05) is 0 Å². The summed E-state index contributed by atoms with van der Waals surface area (Å²) in [6, 6.07) is 6.14. The molecule has 5 heteroatoms. The molecule has 1 rings (SSSR count). The number of nitrogens with zero attached hydrogens (tertiary/aromatic N) is 1. The Balaban J connectivity index is 2.49. The van der Waals surface area contributed by atoms with Gasteiger partial charge < -0.3 is 15.2 Å². The van der Waals surface area contributed by atoms with E-state index in [0.717, 1.165) is 0 Å². The molecular formula is C12H15FN2O2. The Bertz CT molecular complexity index is 404. The van der Waals surface area contributed by atoms with Gasteiger partial charge in [-0.15, -0.1) is 0 Å². The fraction of sp³-hybridized carbons (Fsp3) is 0.417. The molecule has 1 aromatic carbocycles. The maximum absolute atomic E-state index is 13.3. The summed E-state index contributed by atoms with van der Waals surface area (Å²) in [4.78, 5) is 0. The summed E-state index contributed by atoms with van der Waals surface area (Å²) in [5.74, 6) is -0.363. The Morgan fingerprint density at radius 3 is 3.00 bits per heavy atom. The molecule has 0 bridgehead atoms. The maximum Gasteiger partial charge on any atom is 0.127 e. The quantitative estimate of drug-likeness (QED) is 0.769. The van der Waals surface area contributed by atoms with Gasteiger partial charge in [-0.05, 0) is 18.2 Å². The number of ether oxygens (including phenoxy) is 1. The van der Waals surface area contributed by atoms with Crippen LogP contribution in [0.4, 0.5) is 4.39 Å². The molecule has 0 aliphatic heterocycles. The Morgan fingerprint density at radius 1 is 1.59 bits per heavy atom. The first kappa shape index (κ1) is 13.6. The predicted molar refractivity (Wildman–Crippen MR) is 60.7 cm³/mol. The van der Waals surface area contributed by atoms with E-state index in [1.165, 1.54) is 25.3 Å². The summed E-state index contributed by atoms with van der Waals surface area (Å²) in [6.07, 6.45) is -0.623. The summed E-state index contributed by atoms with van der Waals surface area (Å²) < 4.78 is 18.1. The van der Waals surface area contributed by atoms with E-state index in [4.69, 9.17) is 10.00 Å². The number of rotatable bonds is 6. The minimum Gasteiger partial charge on any atom is -0.389 e. The van der Waals surface area contributed by atoms with Gasteiger partial charge >= 0.3 is 0 Å². The topological polar surface area (TPSA) is 65.3 Å². The first-order valence-corrected chi connectivity index (χ1v) is 5.23. The summed E-state index contributed by atoms with van der Waals surface area (Å²) in [5.41, 5.74) is 0.828. The SMILES string of the molecule is COCC(O)CNCc1cc(C#N)ccc1F. The third-order valence-corrected chi connectivity index (χ3v) is 2.23. The largest absolute Gasteiger partial charge is 0.389 e. The number of benzene rings is 1. The first-order valence-electron chi connectivity index (χ1n) is 5.23. The number of aliphatic hydroxyl groups excluding tert-OH is 1. The lowest BCUT2D eigenvalue weighted by Crippen LogP contribution is -2.29. The van der Waals surface area contributed by atoms with Crippen molar-refractivity contribution in [3.05, 3.63) is 35.1 Å². The van der Waals surface area contributed by atoms with Crippen LogP contribution >= 0.6 is 0 Å². The predicted octanol–water partition coefficient (Wildman–Crippen LogP) is 0.794. The number of methoxy groups -OCH3 is 1. The summed E-state index contributed by atoms with van der Waals surface area (Å²) in [5, 5.41) is 20.9. The molecule has 1 atom stereocenters. The van der Waals surface area contributed by atoms with Crippen LogP contribution in [0.3, 0.4) is 0 Å². The van der Waals surface area contributed by atoms with Gasteiger partial charge in [-0.25, -0.2) is 4.39 Å². The van der Waals surface area contributed by atoms with Gasteiger partial charge in [0.15, 0.2) is 0 Å². The van der Waals surface area contributed by atoms with Crippen LogP contribution < -0.4 is 5.32 Å². The minimum absolute atomic E-state index is 0.230. The molecule has 0 spiro atoms. The zero-order chi connectivity index (χ0) is 12.7. The van der Waals surface area contributed by atoms with Gasteiger partial charge in [0.1, 0.15) is 5.82 Å². The molecule has 0 radical (unpaired) electrons. The fourth-order valence-corrected chi connectivity index (χ4v) is 1.40. The highest BCUT2D eigenvalue weighted by molar-refractivity contribution is 5.33. The van der Waals surface area contributed by atoms with Crippen molar-refractivity contribution >= 4 is 0 Å². The number of nitriles is 1. The van der Waals surface area contributed by atoms with Crippen molar-refractivity contribution < 1.29 is 14.2 Å². The van der Waals surface area contributed by atoms with Crippen molar-refractivity contribution in [3.63, 3.8) is 0 Å². The zero-order valence-electron chi connectivity index (χ0n) is 9.61. The van der Waals surface area contributed by atoms with E-state index in [-0.39, 0.29) is 19.0 Å². The Kier molecular flexibility index (Phi) is 5.57. The molecule has 0 amide bonds. The van der Waals surface area contributed by atoms with Crippen LogP contribution in [0, 0.1) is 17.1 Å². The van der Waals surface area contributed by atoms with E-state index in [1.54, 1.807) is 0 Å². The van der Waals surface area contributed by atoms with Crippen molar-refractivity contribution in [2.45, 2.75) is 12.6 Å². The van der Waals surface area contributed by atoms with E-state index < -0.39 is 6.10 Å². The van der Waals surface area contributed by atoms with Crippen molar-refractivity contribution in [2.24, 2.45) is 0 Å². The van der Waals surface area contributed by atoms with E-state index in [9.17, 15) is 9.50 Å². The minimum atomic E-state index is -0.623. The van der Waals surface area contributed by atoms with Crippen LogP contribution in [0.1, 0.15) is 11.1 Å². The van der Waals surface area contributed by atoms with Crippen LogP contribution in [-0.2, 0) is 11.3 Å². The average Bonchev–Trinajstić information content (AvgIpc) is 2.32. The average molecular weight is 238 g/mol. The van der Waals surface area contributed by atoms with E-state index in [1.807, 2.05) is 6.07 Å². The molecule has 1 unspecified atom stereocenters. The van der Waals surface area contributed by atoms with E-state index in [0.29, 0.717) is 17.7 Å². The van der Waals surface area contributed by atoms with Gasteiger partial charge in [-0.3, -0.25) is 0 Å². The third-order valence-electron chi connectivity index (χ3n) is 2.23. The summed E-state index contributed by atoms with van der Waals surface area (Å²) in [6.45, 7) is 0.805.